The van der Waals surface area contributed by atoms with Crippen molar-refractivity contribution in [3.8, 4) is 0 Å². The van der Waals surface area contributed by atoms with Crippen molar-refractivity contribution in [1.82, 2.24) is 0 Å². The quantitative estimate of drug-likeness (QED) is 0.712. The maximum Gasteiger partial charge on any atom is 0.0112 e. The molecule has 0 atom stereocenters. The molecule has 18 heavy (non-hydrogen) atoms. The molecule has 0 spiro atoms. The monoisotopic (exact) mass is 234 g/mol. The summed E-state index contributed by atoms with van der Waals surface area (Å²) in [6.07, 6.45) is 3.44. The van der Waals surface area contributed by atoms with Crippen LogP contribution in [0.1, 0.15) is 30.5 Å². The molecule has 2 aromatic rings. The lowest BCUT2D eigenvalue weighted by atomic mass is 9.77. The van der Waals surface area contributed by atoms with Crippen LogP contribution in [0.15, 0.2) is 60.2 Å². The summed E-state index contributed by atoms with van der Waals surface area (Å²) in [5.74, 6) is 0. The van der Waals surface area contributed by atoms with Crippen LogP contribution in [-0.4, -0.2) is 0 Å². The standard InChI is InChI=1S/C18H18/c1-18(2,16-10-4-3-5-11-16)17-12-14-8-6-7-9-15(14)13-17/h3-12H,13H2,1-2H3. The molecule has 0 saturated carbocycles. The Kier molecular flexibility index (Phi) is 2.59. The molecule has 0 saturated heterocycles. The van der Waals surface area contributed by atoms with E-state index in [-0.39, 0.29) is 5.41 Å². The van der Waals surface area contributed by atoms with E-state index in [4.69, 9.17) is 0 Å². The predicted octanol–water partition coefficient (Wildman–Crippen LogP) is 4.60. The fraction of sp³-hybridized carbons (Fsp3) is 0.222. The van der Waals surface area contributed by atoms with Crippen LogP contribution in [0.5, 0.6) is 0 Å². The number of rotatable bonds is 2. The van der Waals surface area contributed by atoms with Crippen molar-refractivity contribution in [2.75, 3.05) is 0 Å². The van der Waals surface area contributed by atoms with Crippen LogP contribution in [0.4, 0.5) is 0 Å². The first-order chi connectivity index (χ1) is 8.68. The molecule has 0 bridgehead atoms. The zero-order chi connectivity index (χ0) is 12.6. The molecule has 0 amide bonds. The van der Waals surface area contributed by atoms with E-state index in [0.29, 0.717) is 0 Å². The number of allylic oxidation sites excluding steroid dienone is 1. The first kappa shape index (κ1) is 11.3. The van der Waals surface area contributed by atoms with Gasteiger partial charge in [0.15, 0.2) is 0 Å². The minimum atomic E-state index is 0.111. The third-order valence-electron chi connectivity index (χ3n) is 4.06. The zero-order valence-corrected chi connectivity index (χ0v) is 11.0. The van der Waals surface area contributed by atoms with Gasteiger partial charge in [-0.05, 0) is 23.1 Å². The fourth-order valence-electron chi connectivity index (χ4n) is 2.72. The number of fused-ring (bicyclic) bond motifs is 1. The second-order valence-corrected chi connectivity index (χ2v) is 5.54. The van der Waals surface area contributed by atoms with Gasteiger partial charge in [-0.25, -0.2) is 0 Å². The van der Waals surface area contributed by atoms with E-state index in [2.05, 4.69) is 74.5 Å². The molecule has 90 valence electrons. The lowest BCUT2D eigenvalue weighted by molar-refractivity contribution is 0.615. The Bertz CT molecular complexity index is 588. The summed E-state index contributed by atoms with van der Waals surface area (Å²) in [6, 6.07) is 19.5. The van der Waals surface area contributed by atoms with Gasteiger partial charge in [-0.3, -0.25) is 0 Å². The molecule has 0 unspecified atom stereocenters. The molecule has 1 aliphatic carbocycles. The van der Waals surface area contributed by atoms with Crippen molar-refractivity contribution >= 4 is 6.08 Å². The van der Waals surface area contributed by atoms with Gasteiger partial charge >= 0.3 is 0 Å². The van der Waals surface area contributed by atoms with E-state index in [1.54, 1.807) is 0 Å². The Balaban J connectivity index is 1.99. The van der Waals surface area contributed by atoms with Crippen molar-refractivity contribution in [3.05, 3.63) is 76.9 Å². The van der Waals surface area contributed by atoms with Crippen LogP contribution >= 0.6 is 0 Å². The highest BCUT2D eigenvalue weighted by atomic mass is 14.3. The maximum atomic E-state index is 2.36. The van der Waals surface area contributed by atoms with E-state index in [1.807, 2.05) is 0 Å². The molecule has 0 heterocycles. The predicted molar refractivity (Wildman–Crippen MR) is 77.6 cm³/mol. The molecule has 2 aromatic carbocycles. The summed E-state index contributed by atoms with van der Waals surface area (Å²) < 4.78 is 0. The topological polar surface area (TPSA) is 0 Å². The molecule has 3 rings (SSSR count). The molecule has 1 aliphatic rings. The number of hydrogen-bond acceptors (Lipinski definition) is 0. The van der Waals surface area contributed by atoms with Gasteiger partial charge in [-0.15, -0.1) is 0 Å². The van der Waals surface area contributed by atoms with Gasteiger partial charge in [0.25, 0.3) is 0 Å². The minimum Gasteiger partial charge on any atom is -0.0622 e. The van der Waals surface area contributed by atoms with Crippen LogP contribution in [0.2, 0.25) is 0 Å². The van der Waals surface area contributed by atoms with Gasteiger partial charge in [0.1, 0.15) is 0 Å². The van der Waals surface area contributed by atoms with Crippen LogP contribution in [0, 0.1) is 0 Å². The highest BCUT2D eigenvalue weighted by molar-refractivity contribution is 5.66. The van der Waals surface area contributed by atoms with Crippen molar-refractivity contribution < 1.29 is 0 Å². The molecular weight excluding hydrogens is 216 g/mol. The Morgan fingerprint density at radius 3 is 2.22 bits per heavy atom. The van der Waals surface area contributed by atoms with Crippen LogP contribution in [0.3, 0.4) is 0 Å². The normalized spacial score (nSPS) is 14.2. The molecular formula is C18H18. The number of hydrogen-bond donors (Lipinski definition) is 0. The summed E-state index contributed by atoms with van der Waals surface area (Å²) in [4.78, 5) is 0. The van der Waals surface area contributed by atoms with E-state index in [9.17, 15) is 0 Å². The third-order valence-corrected chi connectivity index (χ3v) is 4.06. The smallest absolute Gasteiger partial charge is 0.0112 e. The van der Waals surface area contributed by atoms with Gasteiger partial charge in [0.05, 0.1) is 0 Å². The Labute approximate surface area is 109 Å². The highest BCUT2D eigenvalue weighted by Crippen LogP contribution is 2.38. The van der Waals surface area contributed by atoms with Gasteiger partial charge in [-0.2, -0.15) is 0 Å². The van der Waals surface area contributed by atoms with Crippen molar-refractivity contribution in [2.45, 2.75) is 25.7 Å². The largest absolute Gasteiger partial charge is 0.0622 e. The Morgan fingerprint density at radius 2 is 1.50 bits per heavy atom. The first-order valence-corrected chi connectivity index (χ1v) is 6.52. The van der Waals surface area contributed by atoms with Gasteiger partial charge in [0.2, 0.25) is 0 Å². The Morgan fingerprint density at radius 1 is 0.833 bits per heavy atom. The van der Waals surface area contributed by atoms with Crippen molar-refractivity contribution in [3.63, 3.8) is 0 Å². The molecule has 0 aromatic heterocycles. The van der Waals surface area contributed by atoms with E-state index < -0.39 is 0 Å². The van der Waals surface area contributed by atoms with Crippen LogP contribution in [-0.2, 0) is 11.8 Å². The minimum absolute atomic E-state index is 0.111. The number of benzene rings is 2. The first-order valence-electron chi connectivity index (χ1n) is 6.52. The fourth-order valence-corrected chi connectivity index (χ4v) is 2.72. The molecule has 0 heteroatoms. The molecule has 0 fully saturated rings. The SMILES string of the molecule is CC(C)(C1=Cc2ccccc2C1)c1ccccc1. The van der Waals surface area contributed by atoms with E-state index in [1.165, 1.54) is 22.3 Å². The van der Waals surface area contributed by atoms with Crippen LogP contribution < -0.4 is 0 Å². The second-order valence-electron chi connectivity index (χ2n) is 5.54. The summed E-state index contributed by atoms with van der Waals surface area (Å²) in [7, 11) is 0. The van der Waals surface area contributed by atoms with E-state index in [0.717, 1.165) is 6.42 Å². The van der Waals surface area contributed by atoms with Crippen molar-refractivity contribution in [2.24, 2.45) is 0 Å². The molecule has 0 nitrogen and oxygen atoms in total. The summed E-state index contributed by atoms with van der Waals surface area (Å²) >= 11 is 0. The van der Waals surface area contributed by atoms with Crippen LogP contribution in [0.25, 0.3) is 6.08 Å². The summed E-state index contributed by atoms with van der Waals surface area (Å²) in [5, 5.41) is 0. The highest BCUT2D eigenvalue weighted by Gasteiger charge is 2.28. The Hall–Kier alpha value is -1.82. The van der Waals surface area contributed by atoms with Crippen molar-refractivity contribution in [1.29, 1.82) is 0 Å². The maximum absolute atomic E-state index is 2.36. The lowest BCUT2D eigenvalue weighted by Crippen LogP contribution is -2.20. The molecule has 0 aliphatic heterocycles. The van der Waals surface area contributed by atoms with Gasteiger partial charge in [0, 0.05) is 5.41 Å². The van der Waals surface area contributed by atoms with E-state index >= 15 is 0 Å². The molecule has 0 radical (unpaired) electrons. The third kappa shape index (κ3) is 1.78. The lowest BCUT2D eigenvalue weighted by Gasteiger charge is -2.27. The molecule has 0 N–H and O–H groups in total. The summed E-state index contributed by atoms with van der Waals surface area (Å²) in [6.45, 7) is 4.64. The average molecular weight is 234 g/mol. The zero-order valence-electron chi connectivity index (χ0n) is 11.0. The van der Waals surface area contributed by atoms with Gasteiger partial charge in [-0.1, -0.05) is 80.1 Å². The summed E-state index contributed by atoms with van der Waals surface area (Å²) in [5.41, 5.74) is 5.85. The second kappa shape index (κ2) is 4.13. The van der Waals surface area contributed by atoms with Gasteiger partial charge < -0.3 is 0 Å². The average Bonchev–Trinajstić information content (AvgIpc) is 2.84.